The van der Waals surface area contributed by atoms with E-state index in [0.717, 1.165) is 6.42 Å². The van der Waals surface area contributed by atoms with Gasteiger partial charge in [0.2, 0.25) is 0 Å². The fourth-order valence-corrected chi connectivity index (χ4v) is 2.24. The third kappa shape index (κ3) is 3.33. The van der Waals surface area contributed by atoms with Crippen molar-refractivity contribution >= 4 is 5.97 Å². The first-order valence-corrected chi connectivity index (χ1v) is 7.36. The zero-order valence-electron chi connectivity index (χ0n) is 12.9. The second-order valence-electron chi connectivity index (χ2n) is 5.87. The summed E-state index contributed by atoms with van der Waals surface area (Å²) < 4.78 is 1.74. The minimum Gasteiger partial charge on any atom is -0.481 e. The molecule has 118 valence electrons. The summed E-state index contributed by atoms with van der Waals surface area (Å²) in [5, 5.41) is 9.66. The Kier molecular flexibility index (Phi) is 4.92. The predicted molar refractivity (Wildman–Crippen MR) is 83.8 cm³/mol. The monoisotopic (exact) mass is 302 g/mol. The van der Waals surface area contributed by atoms with Crippen LogP contribution >= 0.6 is 0 Å². The van der Waals surface area contributed by atoms with Crippen LogP contribution in [0.1, 0.15) is 32.4 Å². The van der Waals surface area contributed by atoms with Gasteiger partial charge < -0.3 is 10.8 Å². The van der Waals surface area contributed by atoms with Gasteiger partial charge in [-0.15, -0.1) is 0 Å². The summed E-state index contributed by atoms with van der Waals surface area (Å²) in [6.45, 7) is 4.29. The van der Waals surface area contributed by atoms with Crippen molar-refractivity contribution in [2.24, 2.45) is 11.7 Å². The highest BCUT2D eigenvalue weighted by atomic mass is 16.4. The Bertz CT molecular complexity index is 626. The molecule has 0 saturated heterocycles. The molecule has 0 spiro atoms. The molecule has 0 bridgehead atoms. The predicted octanol–water partition coefficient (Wildman–Crippen LogP) is 1.98. The number of hydrogen-bond donors (Lipinski definition) is 2. The van der Waals surface area contributed by atoms with Crippen LogP contribution in [0, 0.1) is 5.92 Å². The van der Waals surface area contributed by atoms with E-state index < -0.39 is 11.4 Å². The van der Waals surface area contributed by atoms with Gasteiger partial charge in [0.15, 0.2) is 0 Å². The molecule has 2 rings (SSSR count). The Morgan fingerprint density at radius 2 is 2.23 bits per heavy atom. The SMILES string of the molecule is C[C@@H](CN)CC[C@](C)(C(=O)O)c1cn(-c2ccccn2)cn1. The van der Waals surface area contributed by atoms with E-state index in [1.54, 1.807) is 30.2 Å². The van der Waals surface area contributed by atoms with Crippen molar-refractivity contribution < 1.29 is 9.90 Å². The second-order valence-corrected chi connectivity index (χ2v) is 5.87. The van der Waals surface area contributed by atoms with Gasteiger partial charge in [0, 0.05) is 12.4 Å². The molecule has 2 aromatic heterocycles. The van der Waals surface area contributed by atoms with Crippen LogP contribution in [-0.4, -0.2) is 32.2 Å². The normalized spacial score (nSPS) is 15.2. The van der Waals surface area contributed by atoms with Crippen LogP contribution in [0.3, 0.4) is 0 Å². The first-order valence-electron chi connectivity index (χ1n) is 7.36. The Morgan fingerprint density at radius 3 is 2.82 bits per heavy atom. The van der Waals surface area contributed by atoms with E-state index >= 15 is 0 Å². The molecule has 0 amide bonds. The highest BCUT2D eigenvalue weighted by Crippen LogP contribution is 2.30. The molecule has 3 N–H and O–H groups in total. The number of nitrogens with two attached hydrogens (primary N) is 1. The summed E-state index contributed by atoms with van der Waals surface area (Å²) in [6.07, 6.45) is 6.28. The number of carboxylic acids is 1. The van der Waals surface area contributed by atoms with Crippen molar-refractivity contribution in [2.75, 3.05) is 6.54 Å². The molecule has 0 aromatic carbocycles. The van der Waals surface area contributed by atoms with Crippen molar-refractivity contribution in [3.8, 4) is 5.82 Å². The van der Waals surface area contributed by atoms with Gasteiger partial charge in [0.25, 0.3) is 0 Å². The van der Waals surface area contributed by atoms with E-state index in [9.17, 15) is 9.90 Å². The zero-order chi connectivity index (χ0) is 16.2. The Labute approximate surface area is 130 Å². The molecule has 0 radical (unpaired) electrons. The van der Waals surface area contributed by atoms with Crippen molar-refractivity contribution in [2.45, 2.75) is 32.1 Å². The number of aromatic nitrogens is 3. The number of aliphatic carboxylic acids is 1. The van der Waals surface area contributed by atoms with Crippen LogP contribution in [0.4, 0.5) is 0 Å². The Balaban J connectivity index is 2.26. The second kappa shape index (κ2) is 6.70. The first kappa shape index (κ1) is 16.2. The van der Waals surface area contributed by atoms with Gasteiger partial charge in [-0.25, -0.2) is 9.97 Å². The van der Waals surface area contributed by atoms with Crippen LogP contribution in [0.25, 0.3) is 5.82 Å². The number of carboxylic acid groups (broad SMARTS) is 1. The van der Waals surface area contributed by atoms with Gasteiger partial charge in [0.1, 0.15) is 17.6 Å². The minimum atomic E-state index is -1.02. The maximum atomic E-state index is 11.8. The maximum absolute atomic E-state index is 11.8. The first-order chi connectivity index (χ1) is 10.5. The molecule has 6 heteroatoms. The largest absolute Gasteiger partial charge is 0.481 e. The lowest BCUT2D eigenvalue weighted by molar-refractivity contribution is -0.143. The average Bonchev–Trinajstić information content (AvgIpc) is 3.03. The van der Waals surface area contributed by atoms with Crippen LogP contribution in [0.2, 0.25) is 0 Å². The number of imidazole rings is 1. The van der Waals surface area contributed by atoms with Crippen LogP contribution in [0.15, 0.2) is 36.9 Å². The van der Waals surface area contributed by atoms with Crippen molar-refractivity contribution in [1.29, 1.82) is 0 Å². The molecule has 0 aliphatic heterocycles. The van der Waals surface area contributed by atoms with Gasteiger partial charge in [-0.05, 0) is 44.4 Å². The fourth-order valence-electron chi connectivity index (χ4n) is 2.24. The van der Waals surface area contributed by atoms with Crippen molar-refractivity contribution in [3.63, 3.8) is 0 Å². The minimum absolute atomic E-state index is 0.288. The van der Waals surface area contributed by atoms with Gasteiger partial charge >= 0.3 is 5.97 Å². The molecule has 2 atom stereocenters. The van der Waals surface area contributed by atoms with Gasteiger partial charge in [-0.1, -0.05) is 13.0 Å². The van der Waals surface area contributed by atoms with Crippen molar-refractivity contribution in [3.05, 3.63) is 42.6 Å². The quantitative estimate of drug-likeness (QED) is 0.815. The molecule has 0 aliphatic carbocycles. The molecule has 0 unspecified atom stereocenters. The molecular formula is C16H22N4O2. The zero-order valence-corrected chi connectivity index (χ0v) is 12.9. The lowest BCUT2D eigenvalue weighted by atomic mass is 9.80. The average molecular weight is 302 g/mol. The fraction of sp³-hybridized carbons (Fsp3) is 0.438. The molecular weight excluding hydrogens is 280 g/mol. The van der Waals surface area contributed by atoms with Gasteiger partial charge in [-0.2, -0.15) is 0 Å². The molecule has 0 saturated carbocycles. The summed E-state index contributed by atoms with van der Waals surface area (Å²) in [7, 11) is 0. The molecule has 0 fully saturated rings. The van der Waals surface area contributed by atoms with Crippen LogP contribution in [-0.2, 0) is 10.2 Å². The Hall–Kier alpha value is -2.21. The summed E-state index contributed by atoms with van der Waals surface area (Å²) >= 11 is 0. The molecule has 2 aromatic rings. The third-order valence-electron chi connectivity index (χ3n) is 4.07. The lowest BCUT2D eigenvalue weighted by Gasteiger charge is -2.24. The number of pyridine rings is 1. The highest BCUT2D eigenvalue weighted by Gasteiger charge is 2.37. The van der Waals surface area contributed by atoms with E-state index in [4.69, 9.17) is 5.73 Å². The number of carbonyl (C=O) groups is 1. The van der Waals surface area contributed by atoms with E-state index in [0.29, 0.717) is 24.5 Å². The van der Waals surface area contributed by atoms with E-state index in [1.165, 1.54) is 0 Å². The number of nitrogens with zero attached hydrogens (tertiary/aromatic N) is 3. The van der Waals surface area contributed by atoms with Crippen LogP contribution in [0.5, 0.6) is 0 Å². The maximum Gasteiger partial charge on any atom is 0.315 e. The van der Waals surface area contributed by atoms with Crippen LogP contribution < -0.4 is 5.73 Å². The summed E-state index contributed by atoms with van der Waals surface area (Å²) in [5.74, 6) is 0.129. The lowest BCUT2D eigenvalue weighted by Crippen LogP contribution is -2.33. The summed E-state index contributed by atoms with van der Waals surface area (Å²) in [4.78, 5) is 20.3. The Morgan fingerprint density at radius 1 is 1.45 bits per heavy atom. The van der Waals surface area contributed by atoms with Gasteiger partial charge in [-0.3, -0.25) is 9.36 Å². The van der Waals surface area contributed by atoms with Gasteiger partial charge in [0.05, 0.1) is 5.69 Å². The van der Waals surface area contributed by atoms with Crippen molar-refractivity contribution in [1.82, 2.24) is 14.5 Å². The third-order valence-corrected chi connectivity index (χ3v) is 4.07. The number of rotatable bonds is 7. The standard InChI is InChI=1S/C16H22N4O2/c1-12(9-17)6-7-16(2,15(21)22)13-10-20(11-19-13)14-5-3-4-8-18-14/h3-5,8,10-12H,6-7,9,17H2,1-2H3,(H,21,22)/t12-,16+/m1/s1. The molecule has 2 heterocycles. The van der Waals surface area contributed by atoms with E-state index in [-0.39, 0.29) is 5.92 Å². The molecule has 6 nitrogen and oxygen atoms in total. The smallest absolute Gasteiger partial charge is 0.315 e. The summed E-state index contributed by atoms with van der Waals surface area (Å²) in [5.41, 5.74) is 5.13. The van der Waals surface area contributed by atoms with E-state index in [1.807, 2.05) is 25.1 Å². The van der Waals surface area contributed by atoms with E-state index in [2.05, 4.69) is 9.97 Å². The number of hydrogen-bond acceptors (Lipinski definition) is 4. The molecule has 22 heavy (non-hydrogen) atoms. The topological polar surface area (TPSA) is 94.0 Å². The highest BCUT2D eigenvalue weighted by molar-refractivity contribution is 5.80. The molecule has 0 aliphatic rings. The summed E-state index contributed by atoms with van der Waals surface area (Å²) in [6, 6.07) is 5.55.